The molecule has 0 radical (unpaired) electrons. The van der Waals surface area contributed by atoms with Crippen LogP contribution in [-0.4, -0.2) is 29.8 Å². The number of aromatic amines is 1. The van der Waals surface area contributed by atoms with Crippen LogP contribution in [0.1, 0.15) is 5.69 Å². The second kappa shape index (κ2) is 5.86. The van der Waals surface area contributed by atoms with Crippen LogP contribution in [0.15, 0.2) is 24.3 Å². The van der Waals surface area contributed by atoms with Crippen molar-refractivity contribution >= 4 is 23.2 Å². The molecule has 5 nitrogen and oxygen atoms in total. The summed E-state index contributed by atoms with van der Waals surface area (Å²) in [6.45, 7) is 1.82. The molecule has 1 aromatic heterocycles. The van der Waals surface area contributed by atoms with Gasteiger partial charge in [-0.15, -0.1) is 0 Å². The maximum atomic E-state index is 11.6. The SMILES string of the molecule is COCC(=O)Nc1c(-c2ccccc2Cl)n[nH]c1C. The molecule has 0 saturated carbocycles. The lowest BCUT2D eigenvalue weighted by Gasteiger charge is -2.07. The van der Waals surface area contributed by atoms with Gasteiger partial charge in [0.2, 0.25) is 5.91 Å². The molecule has 0 aliphatic rings. The zero-order valence-electron chi connectivity index (χ0n) is 10.7. The van der Waals surface area contributed by atoms with Crippen molar-refractivity contribution in [3.05, 3.63) is 35.0 Å². The first-order valence-corrected chi connectivity index (χ1v) is 6.10. The predicted octanol–water partition coefficient (Wildman–Crippen LogP) is 2.62. The third-order valence-corrected chi connectivity index (χ3v) is 2.95. The summed E-state index contributed by atoms with van der Waals surface area (Å²) in [6, 6.07) is 7.34. The summed E-state index contributed by atoms with van der Waals surface area (Å²) in [6.07, 6.45) is 0. The number of carbonyl (C=O) groups excluding carboxylic acids is 1. The van der Waals surface area contributed by atoms with Gasteiger partial charge in [0, 0.05) is 12.7 Å². The first kappa shape index (κ1) is 13.6. The van der Waals surface area contributed by atoms with Crippen molar-refractivity contribution in [3.63, 3.8) is 0 Å². The molecule has 1 heterocycles. The van der Waals surface area contributed by atoms with Crippen LogP contribution in [0.4, 0.5) is 5.69 Å². The molecule has 0 aliphatic carbocycles. The minimum atomic E-state index is -0.236. The molecule has 0 unspecified atom stereocenters. The summed E-state index contributed by atoms with van der Waals surface area (Å²) >= 11 is 6.15. The number of amides is 1. The number of hydrogen-bond donors (Lipinski definition) is 2. The highest BCUT2D eigenvalue weighted by Crippen LogP contribution is 2.33. The highest BCUT2D eigenvalue weighted by atomic mass is 35.5. The Morgan fingerprint density at radius 1 is 1.47 bits per heavy atom. The minimum Gasteiger partial charge on any atom is -0.375 e. The Kier molecular flexibility index (Phi) is 4.19. The van der Waals surface area contributed by atoms with Crippen LogP contribution in [0.2, 0.25) is 5.02 Å². The van der Waals surface area contributed by atoms with Gasteiger partial charge in [-0.1, -0.05) is 29.8 Å². The topological polar surface area (TPSA) is 67.0 Å². The second-order valence-corrected chi connectivity index (χ2v) is 4.44. The van der Waals surface area contributed by atoms with Gasteiger partial charge >= 0.3 is 0 Å². The van der Waals surface area contributed by atoms with Crippen molar-refractivity contribution in [1.29, 1.82) is 0 Å². The number of hydrogen-bond acceptors (Lipinski definition) is 3. The molecule has 2 aromatic rings. The van der Waals surface area contributed by atoms with Crippen LogP contribution < -0.4 is 5.32 Å². The highest BCUT2D eigenvalue weighted by molar-refractivity contribution is 6.33. The van der Waals surface area contributed by atoms with E-state index in [1.165, 1.54) is 7.11 Å². The van der Waals surface area contributed by atoms with Crippen LogP contribution in [-0.2, 0) is 9.53 Å². The van der Waals surface area contributed by atoms with E-state index < -0.39 is 0 Å². The van der Waals surface area contributed by atoms with Crippen molar-refractivity contribution in [2.45, 2.75) is 6.92 Å². The normalized spacial score (nSPS) is 10.5. The fraction of sp³-hybridized carbons (Fsp3) is 0.231. The van der Waals surface area contributed by atoms with Crippen LogP contribution in [0, 0.1) is 6.92 Å². The van der Waals surface area contributed by atoms with Gasteiger partial charge in [0.1, 0.15) is 12.3 Å². The number of ether oxygens (including phenoxy) is 1. The maximum absolute atomic E-state index is 11.6. The number of carbonyl (C=O) groups is 1. The molecule has 0 aliphatic heterocycles. The van der Waals surface area contributed by atoms with E-state index in [-0.39, 0.29) is 12.5 Å². The Hall–Kier alpha value is -1.85. The van der Waals surface area contributed by atoms with E-state index in [0.29, 0.717) is 16.4 Å². The number of halogens is 1. The predicted molar refractivity (Wildman–Crippen MR) is 74.3 cm³/mol. The maximum Gasteiger partial charge on any atom is 0.250 e. The molecule has 0 saturated heterocycles. The first-order valence-electron chi connectivity index (χ1n) is 5.72. The number of aryl methyl sites for hydroxylation is 1. The van der Waals surface area contributed by atoms with Crippen LogP contribution in [0.25, 0.3) is 11.3 Å². The Balaban J connectivity index is 2.38. The van der Waals surface area contributed by atoms with E-state index >= 15 is 0 Å². The zero-order chi connectivity index (χ0) is 13.8. The Bertz CT molecular complexity index is 595. The van der Waals surface area contributed by atoms with Gasteiger partial charge in [0.25, 0.3) is 0 Å². The molecule has 0 atom stereocenters. The molecule has 0 bridgehead atoms. The lowest BCUT2D eigenvalue weighted by Crippen LogP contribution is -2.17. The molecule has 100 valence electrons. The van der Waals surface area contributed by atoms with Gasteiger partial charge < -0.3 is 10.1 Å². The number of nitrogens with zero attached hydrogens (tertiary/aromatic N) is 1. The number of rotatable bonds is 4. The van der Waals surface area contributed by atoms with E-state index in [2.05, 4.69) is 15.5 Å². The third kappa shape index (κ3) is 2.94. The lowest BCUT2D eigenvalue weighted by molar-refractivity contribution is -0.119. The molecule has 0 spiro atoms. The molecule has 0 fully saturated rings. The fourth-order valence-electron chi connectivity index (χ4n) is 1.74. The summed E-state index contributed by atoms with van der Waals surface area (Å²) in [4.78, 5) is 11.6. The van der Waals surface area contributed by atoms with Crippen molar-refractivity contribution in [1.82, 2.24) is 10.2 Å². The Morgan fingerprint density at radius 3 is 2.89 bits per heavy atom. The van der Waals surface area contributed by atoms with E-state index in [1.807, 2.05) is 25.1 Å². The van der Waals surface area contributed by atoms with Gasteiger partial charge in [-0.05, 0) is 13.0 Å². The Morgan fingerprint density at radius 2 is 2.21 bits per heavy atom. The zero-order valence-corrected chi connectivity index (χ0v) is 11.4. The summed E-state index contributed by atoms with van der Waals surface area (Å²) in [5.74, 6) is -0.236. The summed E-state index contributed by atoms with van der Waals surface area (Å²) < 4.78 is 4.79. The molecule has 6 heteroatoms. The molecule has 1 amide bonds. The van der Waals surface area contributed by atoms with Gasteiger partial charge in [-0.25, -0.2) is 0 Å². The van der Waals surface area contributed by atoms with Gasteiger partial charge in [0.05, 0.1) is 16.4 Å². The van der Waals surface area contributed by atoms with Gasteiger partial charge in [-0.3, -0.25) is 9.89 Å². The van der Waals surface area contributed by atoms with E-state index in [1.54, 1.807) is 6.07 Å². The number of H-pyrrole nitrogens is 1. The number of benzene rings is 1. The van der Waals surface area contributed by atoms with E-state index in [9.17, 15) is 4.79 Å². The van der Waals surface area contributed by atoms with E-state index in [4.69, 9.17) is 16.3 Å². The second-order valence-electron chi connectivity index (χ2n) is 4.03. The molecule has 2 rings (SSSR count). The third-order valence-electron chi connectivity index (χ3n) is 2.62. The standard InChI is InChI=1S/C13H14ClN3O2/c1-8-12(15-11(18)7-19-2)13(17-16-8)9-5-3-4-6-10(9)14/h3-6H,7H2,1-2H3,(H,15,18)(H,16,17). The molecule has 1 aromatic carbocycles. The van der Waals surface area contributed by atoms with E-state index in [0.717, 1.165) is 11.3 Å². The summed E-state index contributed by atoms with van der Waals surface area (Å²) in [5.41, 5.74) is 2.77. The smallest absolute Gasteiger partial charge is 0.250 e. The monoisotopic (exact) mass is 279 g/mol. The van der Waals surface area contributed by atoms with Crippen molar-refractivity contribution in [2.75, 3.05) is 19.0 Å². The Labute approximate surface area is 115 Å². The molecule has 19 heavy (non-hydrogen) atoms. The van der Waals surface area contributed by atoms with Crippen molar-refractivity contribution < 1.29 is 9.53 Å². The quantitative estimate of drug-likeness (QED) is 0.904. The van der Waals surface area contributed by atoms with Crippen LogP contribution in [0.5, 0.6) is 0 Å². The summed E-state index contributed by atoms with van der Waals surface area (Å²) in [7, 11) is 1.47. The first-order chi connectivity index (χ1) is 9.13. The molecular formula is C13H14ClN3O2. The fourth-order valence-corrected chi connectivity index (χ4v) is 1.96. The van der Waals surface area contributed by atoms with Crippen LogP contribution >= 0.6 is 11.6 Å². The van der Waals surface area contributed by atoms with Crippen LogP contribution in [0.3, 0.4) is 0 Å². The van der Waals surface area contributed by atoms with Crippen molar-refractivity contribution in [3.8, 4) is 11.3 Å². The van der Waals surface area contributed by atoms with Crippen molar-refractivity contribution in [2.24, 2.45) is 0 Å². The summed E-state index contributed by atoms with van der Waals surface area (Å²) in [5, 5.41) is 10.4. The number of anilines is 1. The minimum absolute atomic E-state index is 0.00736. The van der Waals surface area contributed by atoms with Gasteiger partial charge in [0.15, 0.2) is 0 Å². The number of aromatic nitrogens is 2. The average molecular weight is 280 g/mol. The highest BCUT2D eigenvalue weighted by Gasteiger charge is 2.16. The molecule has 2 N–H and O–H groups in total. The number of nitrogens with one attached hydrogen (secondary N) is 2. The largest absolute Gasteiger partial charge is 0.375 e. The average Bonchev–Trinajstić information content (AvgIpc) is 2.72. The number of methoxy groups -OCH3 is 1. The molecular weight excluding hydrogens is 266 g/mol. The van der Waals surface area contributed by atoms with Gasteiger partial charge in [-0.2, -0.15) is 5.10 Å². The lowest BCUT2D eigenvalue weighted by atomic mass is 10.1.